The highest BCUT2D eigenvalue weighted by atomic mass is 79.9. The number of amidine groups is 1. The summed E-state index contributed by atoms with van der Waals surface area (Å²) in [5.74, 6) is -1.08. The summed E-state index contributed by atoms with van der Waals surface area (Å²) in [6.45, 7) is 1.79. The summed E-state index contributed by atoms with van der Waals surface area (Å²) in [6, 6.07) is 5.46. The van der Waals surface area contributed by atoms with Crippen LogP contribution in [-0.4, -0.2) is 17.0 Å². The molecule has 18 heavy (non-hydrogen) atoms. The molecule has 0 fully saturated rings. The molecule has 0 saturated carbocycles. The van der Waals surface area contributed by atoms with Crippen LogP contribution in [-0.2, 0) is 4.79 Å². The molecular formula is C11H13Br2N3O2. The van der Waals surface area contributed by atoms with Crippen LogP contribution in [0.1, 0.15) is 13.3 Å². The van der Waals surface area contributed by atoms with Crippen molar-refractivity contribution in [3.8, 4) is 0 Å². The molecule has 0 saturated heterocycles. The molecule has 0 radical (unpaired) electrons. The average molecular weight is 379 g/mol. The van der Waals surface area contributed by atoms with Gasteiger partial charge in [0.2, 0.25) is 5.91 Å². The number of para-hydroxylation sites is 1. The van der Waals surface area contributed by atoms with E-state index in [1.165, 1.54) is 0 Å². The maximum atomic E-state index is 12.0. The molecule has 0 aliphatic heterocycles. The zero-order valence-electron chi connectivity index (χ0n) is 9.65. The Morgan fingerprint density at radius 3 is 2.50 bits per heavy atom. The zero-order valence-corrected chi connectivity index (χ0v) is 12.8. The van der Waals surface area contributed by atoms with Crippen molar-refractivity contribution in [2.24, 2.45) is 16.8 Å². The number of halogens is 2. The predicted molar refractivity (Wildman–Crippen MR) is 77.7 cm³/mol. The number of rotatable bonds is 4. The Hall–Kier alpha value is -1.08. The lowest BCUT2D eigenvalue weighted by atomic mass is 10.0. The van der Waals surface area contributed by atoms with Crippen molar-refractivity contribution in [3.63, 3.8) is 0 Å². The van der Waals surface area contributed by atoms with Crippen molar-refractivity contribution in [1.29, 1.82) is 0 Å². The molecule has 1 unspecified atom stereocenters. The number of nitrogens with one attached hydrogen (secondary N) is 1. The van der Waals surface area contributed by atoms with Crippen molar-refractivity contribution < 1.29 is 10.0 Å². The number of hydrogen-bond acceptors (Lipinski definition) is 3. The van der Waals surface area contributed by atoms with Gasteiger partial charge in [-0.1, -0.05) is 18.1 Å². The molecule has 7 heteroatoms. The van der Waals surface area contributed by atoms with E-state index in [2.05, 4.69) is 42.3 Å². The monoisotopic (exact) mass is 377 g/mol. The standard InChI is InChI=1S/C11H13Br2N3O2/c1-2-6(10(14)16-18)11(17)15-9-7(12)4-3-5-8(9)13/h3-6,18H,2H2,1H3,(H2,14,16)(H,15,17). The first kappa shape index (κ1) is 15.0. The Morgan fingerprint density at radius 1 is 1.50 bits per heavy atom. The molecule has 1 aromatic carbocycles. The number of nitrogens with zero attached hydrogens (tertiary/aromatic N) is 1. The molecular weight excluding hydrogens is 366 g/mol. The summed E-state index contributed by atoms with van der Waals surface area (Å²) < 4.78 is 1.50. The highest BCUT2D eigenvalue weighted by molar-refractivity contribution is 9.11. The van der Waals surface area contributed by atoms with Crippen LogP contribution in [0.15, 0.2) is 32.3 Å². The fourth-order valence-electron chi connectivity index (χ4n) is 1.43. The van der Waals surface area contributed by atoms with Crippen LogP contribution in [0, 0.1) is 5.92 Å². The molecule has 1 amide bonds. The van der Waals surface area contributed by atoms with Crippen LogP contribution in [0.5, 0.6) is 0 Å². The van der Waals surface area contributed by atoms with Gasteiger partial charge in [0, 0.05) is 8.95 Å². The first-order chi connectivity index (χ1) is 8.51. The van der Waals surface area contributed by atoms with Crippen LogP contribution >= 0.6 is 31.9 Å². The largest absolute Gasteiger partial charge is 0.409 e. The number of oxime groups is 1. The van der Waals surface area contributed by atoms with E-state index in [9.17, 15) is 4.79 Å². The van der Waals surface area contributed by atoms with Gasteiger partial charge >= 0.3 is 0 Å². The second-order valence-corrected chi connectivity index (χ2v) is 5.28. The zero-order chi connectivity index (χ0) is 13.7. The van der Waals surface area contributed by atoms with E-state index in [1.807, 2.05) is 18.2 Å². The Morgan fingerprint density at radius 2 is 2.06 bits per heavy atom. The molecule has 5 nitrogen and oxygen atoms in total. The maximum Gasteiger partial charge on any atom is 0.235 e. The Kier molecular flexibility index (Phi) is 5.61. The van der Waals surface area contributed by atoms with E-state index in [4.69, 9.17) is 10.9 Å². The highest BCUT2D eigenvalue weighted by Gasteiger charge is 2.22. The molecule has 4 N–H and O–H groups in total. The van der Waals surface area contributed by atoms with Gasteiger partial charge in [-0.15, -0.1) is 0 Å². The van der Waals surface area contributed by atoms with Crippen molar-refractivity contribution >= 4 is 49.3 Å². The molecule has 0 spiro atoms. The number of hydrogen-bond donors (Lipinski definition) is 3. The first-order valence-corrected chi connectivity index (χ1v) is 6.82. The minimum atomic E-state index is -0.658. The number of benzene rings is 1. The quantitative estimate of drug-likeness (QED) is 0.325. The summed E-state index contributed by atoms with van der Waals surface area (Å²) >= 11 is 6.69. The molecule has 0 heterocycles. The highest BCUT2D eigenvalue weighted by Crippen LogP contribution is 2.31. The van der Waals surface area contributed by atoms with Gasteiger partial charge in [-0.25, -0.2) is 0 Å². The molecule has 1 atom stereocenters. The summed E-state index contributed by atoms with van der Waals surface area (Å²) in [7, 11) is 0. The third kappa shape index (κ3) is 3.46. The molecule has 1 aromatic rings. The van der Waals surface area contributed by atoms with Gasteiger partial charge in [-0.3, -0.25) is 4.79 Å². The molecule has 0 aromatic heterocycles. The van der Waals surface area contributed by atoms with E-state index in [0.717, 1.165) is 8.95 Å². The van der Waals surface area contributed by atoms with E-state index in [-0.39, 0.29) is 11.7 Å². The van der Waals surface area contributed by atoms with Gasteiger partial charge in [0.25, 0.3) is 0 Å². The van der Waals surface area contributed by atoms with Crippen molar-refractivity contribution in [1.82, 2.24) is 0 Å². The van der Waals surface area contributed by atoms with Crippen molar-refractivity contribution in [2.75, 3.05) is 5.32 Å². The van der Waals surface area contributed by atoms with Gasteiger partial charge < -0.3 is 16.3 Å². The summed E-state index contributed by atoms with van der Waals surface area (Å²) in [6.07, 6.45) is 0.448. The average Bonchev–Trinajstić information content (AvgIpc) is 2.34. The summed E-state index contributed by atoms with van der Waals surface area (Å²) in [4.78, 5) is 12.0. The topological polar surface area (TPSA) is 87.7 Å². The lowest BCUT2D eigenvalue weighted by Crippen LogP contribution is -2.34. The van der Waals surface area contributed by atoms with E-state index >= 15 is 0 Å². The minimum absolute atomic E-state index is 0.0989. The third-order valence-electron chi connectivity index (χ3n) is 2.41. The van der Waals surface area contributed by atoms with Gasteiger partial charge in [-0.2, -0.15) is 0 Å². The fraction of sp³-hybridized carbons (Fsp3) is 0.273. The minimum Gasteiger partial charge on any atom is -0.409 e. The molecule has 98 valence electrons. The SMILES string of the molecule is CCC(C(=O)Nc1c(Br)cccc1Br)/C(N)=N/O. The van der Waals surface area contributed by atoms with Crippen molar-refractivity contribution in [3.05, 3.63) is 27.1 Å². The van der Waals surface area contributed by atoms with Crippen LogP contribution < -0.4 is 11.1 Å². The Bertz CT molecular complexity index is 457. The summed E-state index contributed by atoms with van der Waals surface area (Å²) in [5, 5.41) is 14.2. The van der Waals surface area contributed by atoms with Gasteiger partial charge in [-0.05, 0) is 50.4 Å². The number of amides is 1. The van der Waals surface area contributed by atoms with Gasteiger partial charge in [0.05, 0.1) is 11.6 Å². The fourth-order valence-corrected chi connectivity index (χ4v) is 2.62. The Labute approximate surface area is 122 Å². The van der Waals surface area contributed by atoms with Crippen LogP contribution in [0.2, 0.25) is 0 Å². The molecule has 0 aliphatic rings. The first-order valence-electron chi connectivity index (χ1n) is 5.23. The molecule has 0 aliphatic carbocycles. The predicted octanol–water partition coefficient (Wildman–Crippen LogP) is 2.92. The Balaban J connectivity index is 2.94. The number of nitrogens with two attached hydrogens (primary N) is 1. The second kappa shape index (κ2) is 6.75. The van der Waals surface area contributed by atoms with Crippen molar-refractivity contribution in [2.45, 2.75) is 13.3 Å². The lowest BCUT2D eigenvalue weighted by Gasteiger charge is -2.15. The summed E-state index contributed by atoms with van der Waals surface area (Å²) in [5.41, 5.74) is 6.09. The normalized spacial score (nSPS) is 13.2. The second-order valence-electron chi connectivity index (χ2n) is 3.57. The molecule has 0 bridgehead atoms. The number of carbonyl (C=O) groups is 1. The number of carbonyl (C=O) groups excluding carboxylic acids is 1. The number of anilines is 1. The van der Waals surface area contributed by atoms with Crippen LogP contribution in [0.4, 0.5) is 5.69 Å². The maximum absolute atomic E-state index is 12.0. The smallest absolute Gasteiger partial charge is 0.235 e. The van der Waals surface area contributed by atoms with Crippen LogP contribution in [0.25, 0.3) is 0 Å². The van der Waals surface area contributed by atoms with E-state index < -0.39 is 5.92 Å². The lowest BCUT2D eigenvalue weighted by molar-refractivity contribution is -0.118. The van der Waals surface area contributed by atoms with Gasteiger partial charge in [0.1, 0.15) is 0 Å². The van der Waals surface area contributed by atoms with Crippen LogP contribution in [0.3, 0.4) is 0 Å². The molecule has 1 rings (SSSR count). The third-order valence-corrected chi connectivity index (χ3v) is 3.73. The van der Waals surface area contributed by atoms with E-state index in [0.29, 0.717) is 12.1 Å². The van der Waals surface area contributed by atoms with Gasteiger partial charge in [0.15, 0.2) is 5.84 Å². The van der Waals surface area contributed by atoms with E-state index in [1.54, 1.807) is 6.92 Å².